The van der Waals surface area contributed by atoms with Crippen LogP contribution in [0.4, 0.5) is 10.2 Å². The van der Waals surface area contributed by atoms with Gasteiger partial charge in [0, 0.05) is 18.0 Å². The first-order valence-electron chi connectivity index (χ1n) is 4.55. The molecule has 4 nitrogen and oxygen atoms in total. The number of nitrogens with two attached hydrogens (primary N) is 1. The number of rotatable bonds is 2. The zero-order valence-electron chi connectivity index (χ0n) is 8.22. The Morgan fingerprint density at radius 1 is 1.12 bits per heavy atom. The fraction of sp³-hybridized carbons (Fsp3) is 0. The van der Waals surface area contributed by atoms with Crippen molar-refractivity contribution in [1.82, 2.24) is 9.97 Å². The maximum absolute atomic E-state index is 12.7. The molecule has 80 valence electrons. The second-order valence-electron chi connectivity index (χ2n) is 3.13. The molecule has 2 aromatic rings. The van der Waals surface area contributed by atoms with Gasteiger partial charge in [0.05, 0.1) is 0 Å². The number of anilines is 1. The molecule has 5 heteroatoms. The van der Waals surface area contributed by atoms with E-state index in [0.29, 0.717) is 5.56 Å². The number of benzene rings is 1. The molecular weight excluding hydrogens is 209 g/mol. The van der Waals surface area contributed by atoms with Gasteiger partial charge in [-0.05, 0) is 24.3 Å². The van der Waals surface area contributed by atoms with Gasteiger partial charge in [-0.2, -0.15) is 0 Å². The summed E-state index contributed by atoms with van der Waals surface area (Å²) in [5, 5.41) is 0. The third-order valence-corrected chi connectivity index (χ3v) is 2.05. The van der Waals surface area contributed by atoms with E-state index in [1.807, 2.05) is 0 Å². The van der Waals surface area contributed by atoms with Crippen molar-refractivity contribution in [3.05, 3.63) is 53.7 Å². The van der Waals surface area contributed by atoms with Crippen LogP contribution < -0.4 is 5.73 Å². The standard InChI is InChI=1S/C11H8FN3O/c12-8-3-1-7(2-4-8)10(16)9-11(13)15-6-5-14-9/h1-6H,(H2,13,15). The van der Waals surface area contributed by atoms with Gasteiger partial charge in [0.25, 0.3) is 0 Å². The molecule has 16 heavy (non-hydrogen) atoms. The topological polar surface area (TPSA) is 68.9 Å². The number of carbonyl (C=O) groups is 1. The lowest BCUT2D eigenvalue weighted by Gasteiger charge is -2.02. The molecule has 0 fully saturated rings. The Labute approximate surface area is 91.0 Å². The average molecular weight is 217 g/mol. The van der Waals surface area contributed by atoms with Crippen molar-refractivity contribution in [3.8, 4) is 0 Å². The smallest absolute Gasteiger partial charge is 0.215 e. The molecule has 1 aromatic heterocycles. The largest absolute Gasteiger partial charge is 0.382 e. The molecule has 0 atom stereocenters. The Bertz CT molecular complexity index is 525. The molecule has 0 bridgehead atoms. The third kappa shape index (κ3) is 1.88. The van der Waals surface area contributed by atoms with Gasteiger partial charge >= 0.3 is 0 Å². The lowest BCUT2D eigenvalue weighted by Crippen LogP contribution is -2.09. The van der Waals surface area contributed by atoms with Crippen molar-refractivity contribution in [2.75, 3.05) is 5.73 Å². The number of hydrogen-bond acceptors (Lipinski definition) is 4. The van der Waals surface area contributed by atoms with Crippen LogP contribution in [-0.2, 0) is 0 Å². The van der Waals surface area contributed by atoms with Crippen molar-refractivity contribution >= 4 is 11.6 Å². The molecule has 1 heterocycles. The number of carbonyl (C=O) groups excluding carboxylic acids is 1. The monoisotopic (exact) mass is 217 g/mol. The first kappa shape index (κ1) is 10.2. The number of ketones is 1. The van der Waals surface area contributed by atoms with Crippen LogP contribution in [0.3, 0.4) is 0 Å². The fourth-order valence-corrected chi connectivity index (χ4v) is 1.26. The van der Waals surface area contributed by atoms with Gasteiger partial charge in [-0.25, -0.2) is 14.4 Å². The van der Waals surface area contributed by atoms with Gasteiger partial charge < -0.3 is 5.73 Å². The molecule has 0 amide bonds. The van der Waals surface area contributed by atoms with Crippen molar-refractivity contribution in [3.63, 3.8) is 0 Å². The van der Waals surface area contributed by atoms with Crippen LogP contribution >= 0.6 is 0 Å². The second kappa shape index (κ2) is 4.06. The Balaban J connectivity index is 2.40. The SMILES string of the molecule is Nc1nccnc1C(=O)c1ccc(F)cc1. The number of nitrogen functional groups attached to an aromatic ring is 1. The summed E-state index contributed by atoms with van der Waals surface area (Å²) in [4.78, 5) is 19.5. The minimum atomic E-state index is -0.399. The summed E-state index contributed by atoms with van der Waals surface area (Å²) < 4.78 is 12.7. The van der Waals surface area contributed by atoms with E-state index in [4.69, 9.17) is 5.73 Å². The van der Waals surface area contributed by atoms with Crippen LogP contribution in [0, 0.1) is 5.82 Å². The molecule has 0 saturated heterocycles. The Morgan fingerprint density at radius 2 is 1.75 bits per heavy atom. The van der Waals surface area contributed by atoms with Crippen molar-refractivity contribution < 1.29 is 9.18 Å². The van der Waals surface area contributed by atoms with Crippen molar-refractivity contribution in [2.24, 2.45) is 0 Å². The van der Waals surface area contributed by atoms with Gasteiger partial charge in [-0.15, -0.1) is 0 Å². The maximum atomic E-state index is 12.7. The maximum Gasteiger partial charge on any atom is 0.215 e. The number of aromatic nitrogens is 2. The summed E-state index contributed by atoms with van der Waals surface area (Å²) in [5.41, 5.74) is 5.93. The molecule has 0 radical (unpaired) electrons. The van der Waals surface area contributed by atoms with Crippen LogP contribution in [-0.4, -0.2) is 15.8 Å². The highest BCUT2D eigenvalue weighted by Gasteiger charge is 2.14. The lowest BCUT2D eigenvalue weighted by atomic mass is 10.1. The van der Waals surface area contributed by atoms with Gasteiger partial charge in [0.15, 0.2) is 11.5 Å². The van der Waals surface area contributed by atoms with Crippen molar-refractivity contribution in [1.29, 1.82) is 0 Å². The van der Waals surface area contributed by atoms with E-state index in [0.717, 1.165) is 0 Å². The molecular formula is C11H8FN3O. The van der Waals surface area contributed by atoms with E-state index < -0.39 is 5.82 Å². The third-order valence-electron chi connectivity index (χ3n) is 2.05. The van der Waals surface area contributed by atoms with E-state index in [-0.39, 0.29) is 17.3 Å². The molecule has 0 saturated carbocycles. The highest BCUT2D eigenvalue weighted by molar-refractivity contribution is 6.10. The predicted molar refractivity (Wildman–Crippen MR) is 56.3 cm³/mol. The van der Waals surface area contributed by atoms with Crippen LogP contribution in [0.5, 0.6) is 0 Å². The van der Waals surface area contributed by atoms with Crippen molar-refractivity contribution in [2.45, 2.75) is 0 Å². The Kier molecular flexibility index (Phi) is 2.59. The molecule has 0 spiro atoms. The fourth-order valence-electron chi connectivity index (χ4n) is 1.26. The number of hydrogen-bond donors (Lipinski definition) is 1. The van der Waals surface area contributed by atoms with E-state index in [1.54, 1.807) is 0 Å². The summed E-state index contributed by atoms with van der Waals surface area (Å²) in [5.74, 6) is -0.703. The quantitative estimate of drug-likeness (QED) is 0.772. The minimum absolute atomic E-state index is 0.0665. The van der Waals surface area contributed by atoms with Crippen LogP contribution in [0.2, 0.25) is 0 Å². The first-order chi connectivity index (χ1) is 7.68. The van der Waals surface area contributed by atoms with Gasteiger partial charge in [-0.3, -0.25) is 4.79 Å². The molecule has 2 rings (SSSR count). The highest BCUT2D eigenvalue weighted by atomic mass is 19.1. The van der Waals surface area contributed by atoms with Crippen LogP contribution in [0.15, 0.2) is 36.7 Å². The van der Waals surface area contributed by atoms with E-state index >= 15 is 0 Å². The first-order valence-corrected chi connectivity index (χ1v) is 4.55. The van der Waals surface area contributed by atoms with Crippen LogP contribution in [0.1, 0.15) is 16.1 Å². The van der Waals surface area contributed by atoms with Crippen LogP contribution in [0.25, 0.3) is 0 Å². The Morgan fingerprint density at radius 3 is 2.38 bits per heavy atom. The number of halogens is 1. The van der Waals surface area contributed by atoms with E-state index in [9.17, 15) is 9.18 Å². The zero-order valence-corrected chi connectivity index (χ0v) is 8.22. The number of nitrogens with zero attached hydrogens (tertiary/aromatic N) is 2. The van der Waals surface area contributed by atoms with Gasteiger partial charge in [0.1, 0.15) is 5.82 Å². The molecule has 0 unspecified atom stereocenters. The van der Waals surface area contributed by atoms with E-state index in [2.05, 4.69) is 9.97 Å². The summed E-state index contributed by atoms with van der Waals surface area (Å²) in [6.07, 6.45) is 2.78. The predicted octanol–water partition coefficient (Wildman–Crippen LogP) is 1.43. The summed E-state index contributed by atoms with van der Waals surface area (Å²) in [7, 11) is 0. The average Bonchev–Trinajstić information content (AvgIpc) is 2.30. The summed E-state index contributed by atoms with van der Waals surface area (Å²) >= 11 is 0. The molecule has 2 N–H and O–H groups in total. The molecule has 0 aliphatic heterocycles. The highest BCUT2D eigenvalue weighted by Crippen LogP contribution is 2.12. The zero-order chi connectivity index (χ0) is 11.5. The Hall–Kier alpha value is -2.30. The lowest BCUT2D eigenvalue weighted by molar-refractivity contribution is 0.103. The molecule has 0 aliphatic carbocycles. The molecule has 1 aromatic carbocycles. The summed E-state index contributed by atoms with van der Waals surface area (Å²) in [6.45, 7) is 0. The molecule has 0 aliphatic rings. The van der Waals surface area contributed by atoms with E-state index in [1.165, 1.54) is 36.7 Å². The second-order valence-corrected chi connectivity index (χ2v) is 3.13. The summed E-state index contributed by atoms with van der Waals surface area (Å²) in [6, 6.07) is 5.18. The normalized spacial score (nSPS) is 10.1. The van der Waals surface area contributed by atoms with Gasteiger partial charge in [-0.1, -0.05) is 0 Å². The minimum Gasteiger partial charge on any atom is -0.382 e. The van der Waals surface area contributed by atoms with Gasteiger partial charge in [0.2, 0.25) is 5.78 Å².